The van der Waals surface area contributed by atoms with Crippen LogP contribution in [0.15, 0.2) is 24.4 Å². The number of rotatable bonds is 7. The summed E-state index contributed by atoms with van der Waals surface area (Å²) in [6.07, 6.45) is 10.7. The van der Waals surface area contributed by atoms with Crippen molar-refractivity contribution in [1.82, 2.24) is 4.98 Å². The number of hydrogen-bond donors (Lipinski definition) is 0. The highest BCUT2D eigenvalue weighted by molar-refractivity contribution is 5.03. The molecule has 0 fully saturated rings. The molecule has 1 heterocycles. The van der Waals surface area contributed by atoms with E-state index in [-0.39, 0.29) is 0 Å². The molecule has 0 bridgehead atoms. The van der Waals surface area contributed by atoms with E-state index in [9.17, 15) is 0 Å². The molecule has 0 unspecified atom stereocenters. The van der Waals surface area contributed by atoms with Gasteiger partial charge in [-0.1, -0.05) is 45.1 Å². The zero-order chi connectivity index (χ0) is 10.1. The minimum Gasteiger partial charge on any atom is -0.261 e. The van der Waals surface area contributed by atoms with Crippen LogP contribution in [0.1, 0.15) is 44.2 Å². The van der Waals surface area contributed by atoms with Crippen LogP contribution >= 0.6 is 0 Å². The predicted octanol–water partition coefficient (Wildman–Crippen LogP) is 3.80. The van der Waals surface area contributed by atoms with Crippen LogP contribution in [0, 0.1) is 6.92 Å². The molecule has 0 aliphatic rings. The molecule has 1 aromatic rings. The molecule has 0 atom stereocenters. The van der Waals surface area contributed by atoms with Crippen molar-refractivity contribution in [3.8, 4) is 0 Å². The van der Waals surface area contributed by atoms with Gasteiger partial charge in [-0.05, 0) is 25.0 Å². The molecule has 0 aliphatic carbocycles. The van der Waals surface area contributed by atoms with E-state index in [1.165, 1.54) is 37.8 Å². The summed E-state index contributed by atoms with van der Waals surface area (Å²) in [5.41, 5.74) is 1.23. The van der Waals surface area contributed by atoms with Crippen molar-refractivity contribution >= 4 is 0 Å². The molecule has 0 N–H and O–H groups in total. The normalized spacial score (nSPS) is 10.4. The van der Waals surface area contributed by atoms with E-state index in [0.717, 1.165) is 12.8 Å². The molecule has 1 aromatic heterocycles. The van der Waals surface area contributed by atoms with Gasteiger partial charge >= 0.3 is 0 Å². The number of aromatic nitrogens is 1. The van der Waals surface area contributed by atoms with Gasteiger partial charge in [0.15, 0.2) is 0 Å². The molecule has 1 rings (SSSR count). The molecule has 77 valence electrons. The first-order valence-corrected chi connectivity index (χ1v) is 5.62. The van der Waals surface area contributed by atoms with Crippen LogP contribution in [0.3, 0.4) is 0 Å². The van der Waals surface area contributed by atoms with Crippen molar-refractivity contribution < 1.29 is 0 Å². The number of aryl methyl sites for hydroxylation is 1. The summed E-state index contributed by atoms with van der Waals surface area (Å²) < 4.78 is 0. The maximum Gasteiger partial charge on any atom is 0.0403 e. The van der Waals surface area contributed by atoms with E-state index < -0.39 is 0 Å². The highest BCUT2D eigenvalue weighted by Crippen LogP contribution is 2.07. The molecule has 14 heavy (non-hydrogen) atoms. The van der Waals surface area contributed by atoms with Gasteiger partial charge < -0.3 is 0 Å². The van der Waals surface area contributed by atoms with E-state index in [0.29, 0.717) is 0 Å². The number of nitrogens with zero attached hydrogens (tertiary/aromatic N) is 1. The summed E-state index contributed by atoms with van der Waals surface area (Å²) in [4.78, 5) is 4.30. The third kappa shape index (κ3) is 5.00. The van der Waals surface area contributed by atoms with Crippen LogP contribution < -0.4 is 0 Å². The molecule has 0 aliphatic heterocycles. The van der Waals surface area contributed by atoms with Crippen molar-refractivity contribution in [3.05, 3.63) is 37.0 Å². The smallest absolute Gasteiger partial charge is 0.0403 e. The Morgan fingerprint density at radius 2 is 1.79 bits per heavy atom. The SMILES string of the molecule is [CH2]CCCCCCCc1ccccn1. The average molecular weight is 190 g/mol. The average Bonchev–Trinajstić information content (AvgIpc) is 2.25. The molecular weight excluding hydrogens is 170 g/mol. The van der Waals surface area contributed by atoms with E-state index in [2.05, 4.69) is 24.0 Å². The lowest BCUT2D eigenvalue weighted by molar-refractivity contribution is 0.614. The summed E-state index contributed by atoms with van der Waals surface area (Å²) in [5.74, 6) is 0. The van der Waals surface area contributed by atoms with E-state index in [4.69, 9.17) is 0 Å². The van der Waals surface area contributed by atoms with Gasteiger partial charge in [-0.15, -0.1) is 0 Å². The Morgan fingerprint density at radius 3 is 2.50 bits per heavy atom. The lowest BCUT2D eigenvalue weighted by Crippen LogP contribution is -1.88. The monoisotopic (exact) mass is 190 g/mol. The number of hydrogen-bond acceptors (Lipinski definition) is 1. The van der Waals surface area contributed by atoms with Gasteiger partial charge in [0, 0.05) is 11.9 Å². The summed E-state index contributed by atoms with van der Waals surface area (Å²) in [6, 6.07) is 6.14. The topological polar surface area (TPSA) is 12.9 Å². The summed E-state index contributed by atoms with van der Waals surface area (Å²) in [6.45, 7) is 3.84. The second kappa shape index (κ2) is 7.54. The first kappa shape index (κ1) is 11.2. The second-order valence-corrected chi connectivity index (χ2v) is 3.69. The minimum absolute atomic E-state index is 1.08. The van der Waals surface area contributed by atoms with Gasteiger partial charge in [0.1, 0.15) is 0 Å². The number of unbranched alkanes of at least 4 members (excludes halogenated alkanes) is 5. The van der Waals surface area contributed by atoms with Crippen molar-refractivity contribution in [2.45, 2.75) is 44.9 Å². The fourth-order valence-electron chi connectivity index (χ4n) is 1.56. The number of pyridine rings is 1. The zero-order valence-corrected chi connectivity index (χ0v) is 8.91. The van der Waals surface area contributed by atoms with Crippen LogP contribution in [0.25, 0.3) is 0 Å². The predicted molar refractivity (Wildman–Crippen MR) is 61.0 cm³/mol. The van der Waals surface area contributed by atoms with Crippen LogP contribution in [0.4, 0.5) is 0 Å². The molecule has 1 radical (unpaired) electrons. The Morgan fingerprint density at radius 1 is 1.00 bits per heavy atom. The van der Waals surface area contributed by atoms with Crippen LogP contribution in [-0.2, 0) is 6.42 Å². The fraction of sp³-hybridized carbons (Fsp3) is 0.538. The molecule has 0 spiro atoms. The molecule has 1 heteroatoms. The van der Waals surface area contributed by atoms with Crippen molar-refractivity contribution in [2.75, 3.05) is 0 Å². The van der Waals surface area contributed by atoms with Crippen molar-refractivity contribution in [1.29, 1.82) is 0 Å². The summed E-state index contributed by atoms with van der Waals surface area (Å²) >= 11 is 0. The molecule has 0 saturated carbocycles. The summed E-state index contributed by atoms with van der Waals surface area (Å²) in [5, 5.41) is 0. The van der Waals surface area contributed by atoms with E-state index in [1.807, 2.05) is 12.3 Å². The molecule has 0 amide bonds. The fourth-order valence-corrected chi connectivity index (χ4v) is 1.56. The van der Waals surface area contributed by atoms with Gasteiger partial charge in [-0.25, -0.2) is 0 Å². The van der Waals surface area contributed by atoms with Gasteiger partial charge in [-0.3, -0.25) is 4.98 Å². The molecule has 0 aromatic carbocycles. The van der Waals surface area contributed by atoms with Crippen LogP contribution in [0.2, 0.25) is 0 Å². The van der Waals surface area contributed by atoms with Crippen LogP contribution in [0.5, 0.6) is 0 Å². The highest BCUT2D eigenvalue weighted by atomic mass is 14.7. The molecular formula is C13H20N. The largest absolute Gasteiger partial charge is 0.261 e. The third-order valence-corrected chi connectivity index (χ3v) is 2.41. The first-order chi connectivity index (χ1) is 6.93. The maximum atomic E-state index is 4.30. The van der Waals surface area contributed by atoms with Gasteiger partial charge in [-0.2, -0.15) is 0 Å². The second-order valence-electron chi connectivity index (χ2n) is 3.69. The van der Waals surface area contributed by atoms with E-state index >= 15 is 0 Å². The Labute approximate surface area is 87.6 Å². The Balaban J connectivity index is 1.99. The first-order valence-electron chi connectivity index (χ1n) is 5.62. The van der Waals surface area contributed by atoms with Gasteiger partial charge in [0.05, 0.1) is 0 Å². The lowest BCUT2D eigenvalue weighted by Gasteiger charge is -2.00. The van der Waals surface area contributed by atoms with E-state index in [1.54, 1.807) is 0 Å². The molecule has 0 saturated heterocycles. The quantitative estimate of drug-likeness (QED) is 0.596. The van der Waals surface area contributed by atoms with Crippen LogP contribution in [-0.4, -0.2) is 4.98 Å². The molecule has 1 nitrogen and oxygen atoms in total. The highest BCUT2D eigenvalue weighted by Gasteiger charge is 1.93. The third-order valence-electron chi connectivity index (χ3n) is 2.41. The Bertz CT molecular complexity index is 218. The van der Waals surface area contributed by atoms with Gasteiger partial charge in [0.25, 0.3) is 0 Å². The maximum absolute atomic E-state index is 4.30. The Kier molecular flexibility index (Phi) is 6.05. The van der Waals surface area contributed by atoms with Crippen molar-refractivity contribution in [2.24, 2.45) is 0 Å². The van der Waals surface area contributed by atoms with Gasteiger partial charge in [0.2, 0.25) is 0 Å². The Hall–Kier alpha value is -0.850. The standard InChI is InChI=1S/C13H20N/c1-2-3-4-5-6-7-10-13-11-8-9-12-14-13/h8-9,11-12H,1-7,10H2. The zero-order valence-electron chi connectivity index (χ0n) is 8.91. The lowest BCUT2D eigenvalue weighted by atomic mass is 10.1. The summed E-state index contributed by atoms with van der Waals surface area (Å²) in [7, 11) is 0. The minimum atomic E-state index is 1.08. The van der Waals surface area contributed by atoms with Crippen molar-refractivity contribution in [3.63, 3.8) is 0 Å².